The Kier molecular flexibility index (Phi) is 3.26. The summed E-state index contributed by atoms with van der Waals surface area (Å²) in [6, 6.07) is 7.77. The van der Waals surface area contributed by atoms with Crippen LogP contribution in [-0.4, -0.2) is 12.1 Å². The molecule has 0 saturated heterocycles. The van der Waals surface area contributed by atoms with Crippen molar-refractivity contribution in [1.82, 2.24) is 4.98 Å². The molecule has 0 bridgehead atoms. The van der Waals surface area contributed by atoms with Crippen molar-refractivity contribution in [3.63, 3.8) is 0 Å². The number of benzene rings is 1. The summed E-state index contributed by atoms with van der Waals surface area (Å²) in [6.07, 6.45) is 0. The molecule has 0 aliphatic rings. The zero-order valence-corrected chi connectivity index (χ0v) is 9.75. The van der Waals surface area contributed by atoms with Crippen molar-refractivity contribution in [1.29, 1.82) is 0 Å². The highest BCUT2D eigenvalue weighted by Gasteiger charge is 1.99. The van der Waals surface area contributed by atoms with Gasteiger partial charge in [-0.1, -0.05) is 6.07 Å². The number of nitrogens with one attached hydrogen (secondary N) is 1. The van der Waals surface area contributed by atoms with E-state index in [1.807, 2.05) is 29.6 Å². The van der Waals surface area contributed by atoms with E-state index < -0.39 is 0 Å². The maximum absolute atomic E-state index is 5.55. The first-order chi connectivity index (χ1) is 7.78. The third-order valence-electron chi connectivity index (χ3n) is 2.11. The highest BCUT2D eigenvalue weighted by Crippen LogP contribution is 2.18. The minimum absolute atomic E-state index is 0.599. The SMILES string of the molecule is COc1cccc(NCc2csc(N)n2)c1. The normalized spacial score (nSPS) is 10.1. The van der Waals surface area contributed by atoms with E-state index >= 15 is 0 Å². The van der Waals surface area contributed by atoms with Gasteiger partial charge in [-0.05, 0) is 12.1 Å². The second kappa shape index (κ2) is 4.85. The van der Waals surface area contributed by atoms with Gasteiger partial charge in [-0.15, -0.1) is 11.3 Å². The number of nitrogen functional groups attached to an aromatic ring is 1. The van der Waals surface area contributed by atoms with Gasteiger partial charge in [-0.3, -0.25) is 0 Å². The van der Waals surface area contributed by atoms with Gasteiger partial charge < -0.3 is 15.8 Å². The van der Waals surface area contributed by atoms with E-state index in [0.717, 1.165) is 17.1 Å². The summed E-state index contributed by atoms with van der Waals surface area (Å²) in [5, 5.41) is 5.80. The summed E-state index contributed by atoms with van der Waals surface area (Å²) in [4.78, 5) is 4.17. The summed E-state index contributed by atoms with van der Waals surface area (Å²) < 4.78 is 5.14. The fraction of sp³-hybridized carbons (Fsp3) is 0.182. The predicted molar refractivity (Wildman–Crippen MR) is 66.8 cm³/mol. The number of thiazole rings is 1. The van der Waals surface area contributed by atoms with Crippen molar-refractivity contribution in [3.8, 4) is 5.75 Å². The largest absolute Gasteiger partial charge is 0.497 e. The predicted octanol–water partition coefficient (Wildman–Crippen LogP) is 2.35. The topological polar surface area (TPSA) is 60.2 Å². The summed E-state index contributed by atoms with van der Waals surface area (Å²) >= 11 is 1.45. The smallest absolute Gasteiger partial charge is 0.180 e. The van der Waals surface area contributed by atoms with E-state index in [1.165, 1.54) is 11.3 Å². The molecule has 1 heterocycles. The summed E-state index contributed by atoms with van der Waals surface area (Å²) in [7, 11) is 1.65. The maximum Gasteiger partial charge on any atom is 0.180 e. The average molecular weight is 235 g/mol. The van der Waals surface area contributed by atoms with Crippen LogP contribution in [0.4, 0.5) is 10.8 Å². The van der Waals surface area contributed by atoms with E-state index in [4.69, 9.17) is 10.5 Å². The van der Waals surface area contributed by atoms with Gasteiger partial charge in [0.25, 0.3) is 0 Å². The number of hydrogen-bond acceptors (Lipinski definition) is 5. The molecule has 0 atom stereocenters. The van der Waals surface area contributed by atoms with Crippen LogP contribution in [0.25, 0.3) is 0 Å². The lowest BCUT2D eigenvalue weighted by atomic mass is 10.3. The van der Waals surface area contributed by atoms with Crippen LogP contribution in [0.5, 0.6) is 5.75 Å². The molecule has 1 aromatic carbocycles. The molecule has 0 aliphatic carbocycles. The Labute approximate surface area is 98.1 Å². The molecule has 4 nitrogen and oxygen atoms in total. The Hall–Kier alpha value is -1.75. The first-order valence-electron chi connectivity index (χ1n) is 4.86. The molecule has 0 aliphatic heterocycles. The van der Waals surface area contributed by atoms with Crippen LogP contribution < -0.4 is 15.8 Å². The van der Waals surface area contributed by atoms with Crippen LogP contribution in [0.1, 0.15) is 5.69 Å². The molecular weight excluding hydrogens is 222 g/mol. The summed E-state index contributed by atoms with van der Waals surface area (Å²) in [6.45, 7) is 0.668. The van der Waals surface area contributed by atoms with Crippen LogP contribution in [0.15, 0.2) is 29.6 Å². The van der Waals surface area contributed by atoms with Crippen molar-refractivity contribution in [3.05, 3.63) is 35.3 Å². The van der Waals surface area contributed by atoms with Crippen molar-refractivity contribution >= 4 is 22.2 Å². The fourth-order valence-electron chi connectivity index (χ4n) is 1.33. The number of methoxy groups -OCH3 is 1. The molecule has 0 fully saturated rings. The highest BCUT2D eigenvalue weighted by molar-refractivity contribution is 7.13. The molecule has 5 heteroatoms. The highest BCUT2D eigenvalue weighted by atomic mass is 32.1. The van der Waals surface area contributed by atoms with Gasteiger partial charge >= 0.3 is 0 Å². The van der Waals surface area contributed by atoms with Gasteiger partial charge in [-0.2, -0.15) is 0 Å². The lowest BCUT2D eigenvalue weighted by molar-refractivity contribution is 0.415. The molecule has 1 aromatic heterocycles. The standard InChI is InChI=1S/C11H13N3OS/c1-15-10-4-2-3-8(5-10)13-6-9-7-16-11(12)14-9/h2-5,7,13H,6H2,1H3,(H2,12,14). The van der Waals surface area contributed by atoms with E-state index in [-0.39, 0.29) is 0 Å². The Balaban J connectivity index is 1.99. The number of aromatic nitrogens is 1. The van der Waals surface area contributed by atoms with Crippen molar-refractivity contribution in [2.24, 2.45) is 0 Å². The number of ether oxygens (including phenoxy) is 1. The zero-order chi connectivity index (χ0) is 11.4. The molecule has 16 heavy (non-hydrogen) atoms. The van der Waals surface area contributed by atoms with Crippen LogP contribution >= 0.6 is 11.3 Å². The molecule has 2 aromatic rings. The lowest BCUT2D eigenvalue weighted by Crippen LogP contribution is -2.00. The summed E-state index contributed by atoms with van der Waals surface area (Å²) in [5.74, 6) is 0.836. The van der Waals surface area contributed by atoms with Crippen LogP contribution in [-0.2, 0) is 6.54 Å². The molecule has 0 unspecified atom stereocenters. The Morgan fingerprint density at radius 1 is 1.50 bits per heavy atom. The minimum atomic E-state index is 0.599. The molecule has 84 valence electrons. The van der Waals surface area contributed by atoms with E-state index in [2.05, 4.69) is 10.3 Å². The number of nitrogens with zero attached hydrogens (tertiary/aromatic N) is 1. The van der Waals surface area contributed by atoms with Crippen LogP contribution in [0, 0.1) is 0 Å². The van der Waals surface area contributed by atoms with Gasteiger partial charge in [0, 0.05) is 17.1 Å². The van der Waals surface area contributed by atoms with Crippen molar-refractivity contribution in [2.45, 2.75) is 6.54 Å². The average Bonchev–Trinajstić information content (AvgIpc) is 2.73. The van der Waals surface area contributed by atoms with Crippen molar-refractivity contribution in [2.75, 3.05) is 18.2 Å². The first kappa shape index (κ1) is 10.8. The van der Waals surface area contributed by atoms with E-state index in [9.17, 15) is 0 Å². The molecule has 2 rings (SSSR count). The van der Waals surface area contributed by atoms with Gasteiger partial charge in [0.05, 0.1) is 19.3 Å². The number of rotatable bonds is 4. The second-order valence-electron chi connectivity index (χ2n) is 3.26. The Morgan fingerprint density at radius 3 is 3.06 bits per heavy atom. The quantitative estimate of drug-likeness (QED) is 0.854. The third-order valence-corrected chi connectivity index (χ3v) is 2.84. The summed E-state index contributed by atoms with van der Waals surface area (Å²) in [5.41, 5.74) is 7.51. The molecular formula is C11H13N3OS. The molecule has 0 amide bonds. The molecule has 0 radical (unpaired) electrons. The minimum Gasteiger partial charge on any atom is -0.497 e. The second-order valence-corrected chi connectivity index (χ2v) is 4.15. The van der Waals surface area contributed by atoms with E-state index in [1.54, 1.807) is 7.11 Å². The van der Waals surface area contributed by atoms with Gasteiger partial charge in [0.15, 0.2) is 5.13 Å². The zero-order valence-electron chi connectivity index (χ0n) is 8.93. The Morgan fingerprint density at radius 2 is 2.38 bits per heavy atom. The monoisotopic (exact) mass is 235 g/mol. The van der Waals surface area contributed by atoms with Gasteiger partial charge in [0.1, 0.15) is 5.75 Å². The van der Waals surface area contributed by atoms with E-state index in [0.29, 0.717) is 11.7 Å². The Bertz CT molecular complexity index is 470. The number of anilines is 2. The van der Waals surface area contributed by atoms with Crippen LogP contribution in [0.3, 0.4) is 0 Å². The van der Waals surface area contributed by atoms with Gasteiger partial charge in [-0.25, -0.2) is 4.98 Å². The van der Waals surface area contributed by atoms with Crippen molar-refractivity contribution < 1.29 is 4.74 Å². The number of nitrogens with two attached hydrogens (primary N) is 1. The molecule has 0 spiro atoms. The molecule has 0 saturated carbocycles. The first-order valence-corrected chi connectivity index (χ1v) is 5.73. The number of hydrogen-bond donors (Lipinski definition) is 2. The maximum atomic E-state index is 5.55. The molecule has 3 N–H and O–H groups in total. The fourth-order valence-corrected chi connectivity index (χ4v) is 1.89. The lowest BCUT2D eigenvalue weighted by Gasteiger charge is -2.06. The van der Waals surface area contributed by atoms with Crippen LogP contribution in [0.2, 0.25) is 0 Å². The van der Waals surface area contributed by atoms with Gasteiger partial charge in [0.2, 0.25) is 0 Å². The third kappa shape index (κ3) is 2.64.